The average Bonchev–Trinajstić information content (AvgIpc) is 2.75. The highest BCUT2D eigenvalue weighted by Gasteiger charge is 2.28. The fraction of sp³-hybridized carbons (Fsp3) is 0.125. The Morgan fingerprint density at radius 2 is 2.05 bits per heavy atom. The molecule has 1 heterocycles. The number of fused-ring (bicyclic) bond motifs is 1. The number of benzene rings is 2. The third kappa shape index (κ3) is 2.65. The maximum absolute atomic E-state index is 11.9. The number of hydrogen-bond donors (Lipinski definition) is 1. The first kappa shape index (κ1) is 13.1. The van der Waals surface area contributed by atoms with E-state index in [-0.39, 0.29) is 11.8 Å². The van der Waals surface area contributed by atoms with Crippen molar-refractivity contribution in [1.82, 2.24) is 0 Å². The van der Waals surface area contributed by atoms with Gasteiger partial charge in [-0.15, -0.1) is 0 Å². The predicted octanol–water partition coefficient (Wildman–Crippen LogP) is 3.76. The van der Waals surface area contributed by atoms with Crippen LogP contribution in [0.25, 0.3) is 0 Å². The van der Waals surface area contributed by atoms with Gasteiger partial charge in [0.1, 0.15) is 5.92 Å². The van der Waals surface area contributed by atoms with Crippen molar-refractivity contribution < 1.29 is 4.79 Å². The summed E-state index contributed by atoms with van der Waals surface area (Å²) < 4.78 is 1.04. The van der Waals surface area contributed by atoms with Crippen LogP contribution >= 0.6 is 15.9 Å². The number of amides is 1. The molecule has 1 aliphatic rings. The predicted molar refractivity (Wildman–Crippen MR) is 84.2 cm³/mol. The average molecular weight is 329 g/mol. The number of anilines is 1. The lowest BCUT2D eigenvalue weighted by Gasteiger charge is -2.02. The molecule has 0 radical (unpaired) electrons. The van der Waals surface area contributed by atoms with E-state index in [9.17, 15) is 4.79 Å². The minimum absolute atomic E-state index is 0.0100. The Morgan fingerprint density at radius 1 is 1.20 bits per heavy atom. The molecule has 3 nitrogen and oxygen atoms in total. The molecule has 0 saturated carbocycles. The van der Waals surface area contributed by atoms with Crippen LogP contribution in [-0.4, -0.2) is 12.1 Å². The molecular weight excluding hydrogens is 316 g/mol. The minimum Gasteiger partial charge on any atom is -0.325 e. The van der Waals surface area contributed by atoms with Crippen LogP contribution in [0.4, 0.5) is 5.69 Å². The topological polar surface area (TPSA) is 41.5 Å². The second-order valence-corrected chi connectivity index (χ2v) is 5.59. The van der Waals surface area contributed by atoms with Gasteiger partial charge in [0.05, 0.1) is 6.54 Å². The Kier molecular flexibility index (Phi) is 3.65. The molecule has 2 aromatic rings. The van der Waals surface area contributed by atoms with Crippen LogP contribution in [0, 0.1) is 0 Å². The number of halogens is 1. The van der Waals surface area contributed by atoms with E-state index >= 15 is 0 Å². The quantitative estimate of drug-likeness (QED) is 0.856. The summed E-state index contributed by atoms with van der Waals surface area (Å²) in [5.41, 5.74) is 2.99. The van der Waals surface area contributed by atoms with Gasteiger partial charge < -0.3 is 5.32 Å². The Morgan fingerprint density at radius 3 is 2.90 bits per heavy atom. The summed E-state index contributed by atoms with van der Waals surface area (Å²) in [6, 6.07) is 15.7. The summed E-state index contributed by atoms with van der Waals surface area (Å²) in [4.78, 5) is 16.3. The number of carbonyl (C=O) groups excluding carboxylic acids is 1. The number of hydrogen-bond acceptors (Lipinski definition) is 2. The summed E-state index contributed by atoms with van der Waals surface area (Å²) in [6.45, 7) is 0.575. The smallest absolute Gasteiger partial charge is 0.237 e. The second kappa shape index (κ2) is 5.59. The zero-order chi connectivity index (χ0) is 13.9. The first-order valence-electron chi connectivity index (χ1n) is 6.38. The zero-order valence-corrected chi connectivity index (χ0v) is 12.3. The Balaban J connectivity index is 1.75. The molecule has 0 aromatic heterocycles. The van der Waals surface area contributed by atoms with Gasteiger partial charge in [0.2, 0.25) is 5.91 Å². The number of rotatable bonds is 3. The lowest BCUT2D eigenvalue weighted by molar-refractivity contribution is -0.115. The summed E-state index contributed by atoms with van der Waals surface area (Å²) >= 11 is 3.44. The second-order valence-electron chi connectivity index (χ2n) is 4.67. The summed E-state index contributed by atoms with van der Waals surface area (Å²) in [7, 11) is 0. The molecule has 1 aliphatic heterocycles. The van der Waals surface area contributed by atoms with Gasteiger partial charge >= 0.3 is 0 Å². The summed E-state index contributed by atoms with van der Waals surface area (Å²) in [5, 5.41) is 2.87. The maximum atomic E-state index is 11.9. The minimum atomic E-state index is -0.279. The fourth-order valence-corrected chi connectivity index (χ4v) is 2.73. The van der Waals surface area contributed by atoms with Crippen molar-refractivity contribution in [2.24, 2.45) is 4.99 Å². The number of aliphatic imine (C=N–C) groups is 1. The van der Waals surface area contributed by atoms with E-state index in [4.69, 9.17) is 0 Å². The van der Waals surface area contributed by atoms with Crippen molar-refractivity contribution in [3.8, 4) is 0 Å². The van der Waals surface area contributed by atoms with Gasteiger partial charge in [-0.1, -0.05) is 46.3 Å². The number of nitrogens with one attached hydrogen (secondary N) is 1. The largest absolute Gasteiger partial charge is 0.325 e. The van der Waals surface area contributed by atoms with Gasteiger partial charge in [0.25, 0.3) is 0 Å². The van der Waals surface area contributed by atoms with Crippen LogP contribution in [-0.2, 0) is 11.3 Å². The molecular formula is C16H13BrN2O. The van der Waals surface area contributed by atoms with Crippen molar-refractivity contribution in [2.45, 2.75) is 12.5 Å². The lowest BCUT2D eigenvalue weighted by Crippen LogP contribution is -2.13. The Labute approximate surface area is 125 Å². The molecule has 0 bridgehead atoms. The number of carbonyl (C=O) groups is 1. The summed E-state index contributed by atoms with van der Waals surface area (Å²) in [5.74, 6) is -0.289. The first-order chi connectivity index (χ1) is 9.74. The molecule has 0 fully saturated rings. The van der Waals surface area contributed by atoms with Crippen LogP contribution in [0.1, 0.15) is 17.0 Å². The number of para-hydroxylation sites is 1. The lowest BCUT2D eigenvalue weighted by atomic mass is 10.0. The van der Waals surface area contributed by atoms with Crippen LogP contribution < -0.4 is 5.32 Å². The fourth-order valence-electron chi connectivity index (χ4n) is 2.28. The third-order valence-corrected chi connectivity index (χ3v) is 3.75. The van der Waals surface area contributed by atoms with E-state index in [2.05, 4.69) is 26.2 Å². The molecule has 2 aromatic carbocycles. The molecule has 0 spiro atoms. The van der Waals surface area contributed by atoms with Gasteiger partial charge in [0.15, 0.2) is 0 Å². The number of nitrogens with zero attached hydrogens (tertiary/aromatic N) is 1. The van der Waals surface area contributed by atoms with Gasteiger partial charge in [-0.05, 0) is 29.3 Å². The first-order valence-corrected chi connectivity index (χ1v) is 7.17. The van der Waals surface area contributed by atoms with Crippen LogP contribution in [0.15, 0.2) is 58.0 Å². The Bertz CT molecular complexity index is 682. The van der Waals surface area contributed by atoms with Crippen LogP contribution in [0.2, 0.25) is 0 Å². The van der Waals surface area contributed by atoms with Crippen molar-refractivity contribution >= 4 is 33.7 Å². The highest BCUT2D eigenvalue weighted by Crippen LogP contribution is 2.30. The summed E-state index contributed by atoms with van der Waals surface area (Å²) in [6.07, 6.45) is 1.74. The van der Waals surface area contributed by atoms with E-state index in [1.807, 2.05) is 48.5 Å². The molecule has 3 rings (SSSR count). The maximum Gasteiger partial charge on any atom is 0.237 e. The molecule has 1 atom stereocenters. The molecule has 1 amide bonds. The molecule has 0 unspecified atom stereocenters. The van der Waals surface area contributed by atoms with Crippen molar-refractivity contribution in [1.29, 1.82) is 0 Å². The molecule has 100 valence electrons. The van der Waals surface area contributed by atoms with Crippen molar-refractivity contribution in [3.05, 3.63) is 64.1 Å². The standard InChI is InChI=1S/C16H13BrN2O/c17-12-5-3-4-11(8-12)9-18-10-14-13-6-1-2-7-15(13)19-16(14)20/h1-8,10,14H,9H2,(H,19,20)/t14-/m1/s1. The highest BCUT2D eigenvalue weighted by atomic mass is 79.9. The third-order valence-electron chi connectivity index (χ3n) is 3.25. The van der Waals surface area contributed by atoms with Crippen molar-refractivity contribution in [2.75, 3.05) is 5.32 Å². The van der Waals surface area contributed by atoms with Crippen LogP contribution in [0.3, 0.4) is 0 Å². The van der Waals surface area contributed by atoms with E-state index < -0.39 is 0 Å². The molecule has 0 aliphatic carbocycles. The molecule has 0 saturated heterocycles. The van der Waals surface area contributed by atoms with E-state index in [0.717, 1.165) is 21.3 Å². The molecule has 4 heteroatoms. The van der Waals surface area contributed by atoms with Gasteiger partial charge in [-0.2, -0.15) is 0 Å². The monoisotopic (exact) mass is 328 g/mol. The van der Waals surface area contributed by atoms with Gasteiger partial charge in [0, 0.05) is 16.4 Å². The normalized spacial score (nSPS) is 17.2. The van der Waals surface area contributed by atoms with E-state index in [1.54, 1.807) is 6.21 Å². The molecule has 20 heavy (non-hydrogen) atoms. The molecule has 1 N–H and O–H groups in total. The SMILES string of the molecule is O=C1Nc2ccccc2[C@H]1C=NCc1cccc(Br)c1. The highest BCUT2D eigenvalue weighted by molar-refractivity contribution is 9.10. The van der Waals surface area contributed by atoms with Gasteiger partial charge in [-0.25, -0.2) is 0 Å². The van der Waals surface area contributed by atoms with E-state index in [1.165, 1.54) is 0 Å². The zero-order valence-electron chi connectivity index (χ0n) is 10.7. The van der Waals surface area contributed by atoms with Crippen LogP contribution in [0.5, 0.6) is 0 Å². The van der Waals surface area contributed by atoms with E-state index in [0.29, 0.717) is 6.54 Å². The Hall–Kier alpha value is -1.94. The van der Waals surface area contributed by atoms with Gasteiger partial charge in [-0.3, -0.25) is 9.79 Å². The van der Waals surface area contributed by atoms with Crippen molar-refractivity contribution in [3.63, 3.8) is 0 Å².